The van der Waals surface area contributed by atoms with Crippen LogP contribution in [-0.2, 0) is 10.8 Å². The molecule has 0 radical (unpaired) electrons. The second-order valence-electron chi connectivity index (χ2n) is 14.1. The number of hydrogen-bond donors (Lipinski definition) is 1. The normalized spacial score (nSPS) is 19.9. The van der Waals surface area contributed by atoms with Gasteiger partial charge in [0, 0.05) is 10.8 Å². The van der Waals surface area contributed by atoms with Crippen LogP contribution in [0.1, 0.15) is 83.6 Å². The molecule has 3 unspecified atom stereocenters. The van der Waals surface area contributed by atoms with Crippen LogP contribution >= 0.6 is 0 Å². The zero-order chi connectivity index (χ0) is 28.6. The van der Waals surface area contributed by atoms with Gasteiger partial charge in [-0.2, -0.15) is 0 Å². The lowest BCUT2D eigenvalue weighted by Gasteiger charge is -2.40. The van der Waals surface area contributed by atoms with Gasteiger partial charge in [-0.25, -0.2) is 0 Å². The summed E-state index contributed by atoms with van der Waals surface area (Å²) >= 11 is 0. The van der Waals surface area contributed by atoms with Crippen LogP contribution in [0.5, 0.6) is 0 Å². The Balaban J connectivity index is 1.63. The third kappa shape index (κ3) is 6.02. The average molecular weight is 516 g/mol. The molecule has 0 fully saturated rings. The van der Waals surface area contributed by atoms with Gasteiger partial charge in [0.05, 0.1) is 5.60 Å². The monoisotopic (exact) mass is 516 g/mol. The van der Waals surface area contributed by atoms with Crippen molar-refractivity contribution in [3.05, 3.63) is 107 Å². The Morgan fingerprint density at radius 2 is 1.13 bits per heavy atom. The van der Waals surface area contributed by atoms with Crippen LogP contribution in [0.15, 0.2) is 84.9 Å². The highest BCUT2D eigenvalue weighted by Crippen LogP contribution is 2.45. The van der Waals surface area contributed by atoms with E-state index in [0.29, 0.717) is 11.7 Å². The highest BCUT2D eigenvalue weighted by Gasteiger charge is 2.38. The number of hydrogen-bond acceptors (Lipinski definition) is 1. The maximum Gasteiger partial charge on any atom is 0.166 e. The van der Waals surface area contributed by atoms with Crippen LogP contribution in [-0.4, -0.2) is 33.7 Å². The Bertz CT molecular complexity index is 1280. The summed E-state index contributed by atoms with van der Waals surface area (Å²) in [6.07, 6.45) is 7.36. The first kappa shape index (κ1) is 29.5. The van der Waals surface area contributed by atoms with E-state index in [0.717, 1.165) is 7.28 Å². The van der Waals surface area contributed by atoms with E-state index >= 15 is 0 Å². The Morgan fingerprint density at radius 1 is 0.667 bits per heavy atom. The summed E-state index contributed by atoms with van der Waals surface area (Å²) < 4.78 is 0. The first-order valence-corrected chi connectivity index (χ1v) is 14.8. The molecule has 0 spiro atoms. The molecule has 202 valence electrons. The summed E-state index contributed by atoms with van der Waals surface area (Å²) in [5.74, 6) is 1.15. The molecule has 0 heterocycles. The molecule has 1 N–H and O–H groups in total. The van der Waals surface area contributed by atoms with Gasteiger partial charge in [-0.05, 0) is 53.8 Å². The SMILES string of the molecule is Bc1ccc(C(C)(c2ccc(C(C)(C)c3ccc(BC(C)(C)C(C)(C)O)cc3)cc2)C2C=CC(B)CC2)cc1. The predicted octanol–water partition coefficient (Wildman–Crippen LogP) is 5.00. The Hall–Kier alpha value is -2.45. The fourth-order valence-corrected chi connectivity index (χ4v) is 6.10. The van der Waals surface area contributed by atoms with Gasteiger partial charge >= 0.3 is 0 Å². The lowest BCUT2D eigenvalue weighted by molar-refractivity contribution is 0.0410. The van der Waals surface area contributed by atoms with Crippen molar-refractivity contribution < 1.29 is 5.11 Å². The molecule has 4 rings (SSSR count). The minimum absolute atomic E-state index is 0.0675. The van der Waals surface area contributed by atoms with Crippen molar-refractivity contribution in [3.8, 4) is 0 Å². The molecule has 3 aromatic carbocycles. The number of benzene rings is 3. The molecule has 0 saturated carbocycles. The smallest absolute Gasteiger partial charge is 0.166 e. The topological polar surface area (TPSA) is 20.2 Å². The van der Waals surface area contributed by atoms with Crippen LogP contribution in [0.2, 0.25) is 11.1 Å². The van der Waals surface area contributed by atoms with Gasteiger partial charge in [-0.3, -0.25) is 0 Å². The minimum atomic E-state index is -0.731. The lowest BCUT2D eigenvalue weighted by atomic mass is 9.45. The average Bonchev–Trinajstić information content (AvgIpc) is 2.88. The molecule has 0 saturated heterocycles. The molecular formula is C35H47B3O. The van der Waals surface area contributed by atoms with Crippen LogP contribution < -0.4 is 10.9 Å². The minimum Gasteiger partial charge on any atom is -0.391 e. The van der Waals surface area contributed by atoms with Gasteiger partial charge in [0.25, 0.3) is 0 Å². The number of allylic oxidation sites excluding steroid dienone is 2. The number of aliphatic hydroxyl groups is 1. The van der Waals surface area contributed by atoms with E-state index in [-0.39, 0.29) is 16.1 Å². The van der Waals surface area contributed by atoms with E-state index in [1.807, 2.05) is 13.8 Å². The van der Waals surface area contributed by atoms with E-state index in [2.05, 4.69) is 135 Å². The van der Waals surface area contributed by atoms with Crippen molar-refractivity contribution in [3.63, 3.8) is 0 Å². The van der Waals surface area contributed by atoms with E-state index in [9.17, 15) is 5.11 Å². The van der Waals surface area contributed by atoms with Crippen LogP contribution in [0.3, 0.4) is 0 Å². The largest absolute Gasteiger partial charge is 0.391 e. The molecule has 0 bridgehead atoms. The summed E-state index contributed by atoms with van der Waals surface area (Å²) in [5, 5.41) is 10.4. The lowest BCUT2D eigenvalue weighted by Crippen LogP contribution is -2.41. The van der Waals surface area contributed by atoms with Crippen LogP contribution in [0.4, 0.5) is 0 Å². The van der Waals surface area contributed by atoms with Gasteiger partial charge in [0.1, 0.15) is 15.7 Å². The van der Waals surface area contributed by atoms with Crippen molar-refractivity contribution in [1.29, 1.82) is 0 Å². The third-order valence-corrected chi connectivity index (χ3v) is 10.2. The van der Waals surface area contributed by atoms with Gasteiger partial charge in [-0.15, -0.1) is 0 Å². The van der Waals surface area contributed by atoms with Crippen LogP contribution in [0, 0.1) is 5.92 Å². The first-order chi connectivity index (χ1) is 18.1. The highest BCUT2D eigenvalue weighted by atomic mass is 16.3. The highest BCUT2D eigenvalue weighted by molar-refractivity contribution is 6.57. The zero-order valence-corrected chi connectivity index (χ0v) is 25.8. The summed E-state index contributed by atoms with van der Waals surface area (Å²) in [7, 11) is 5.34. The molecule has 3 aromatic rings. The van der Waals surface area contributed by atoms with E-state index < -0.39 is 5.60 Å². The van der Waals surface area contributed by atoms with Crippen LogP contribution in [0.25, 0.3) is 0 Å². The fourth-order valence-electron chi connectivity index (χ4n) is 6.10. The van der Waals surface area contributed by atoms with E-state index in [1.165, 1.54) is 46.0 Å². The Morgan fingerprint density at radius 3 is 1.59 bits per heavy atom. The molecule has 1 aliphatic rings. The molecule has 39 heavy (non-hydrogen) atoms. The first-order valence-electron chi connectivity index (χ1n) is 14.8. The van der Waals surface area contributed by atoms with Crippen molar-refractivity contribution in [2.45, 2.75) is 88.9 Å². The second-order valence-corrected chi connectivity index (χ2v) is 14.1. The quantitative estimate of drug-likeness (QED) is 0.331. The molecule has 0 aliphatic heterocycles. The summed E-state index contributed by atoms with van der Waals surface area (Å²) in [5.41, 5.74) is 7.09. The number of rotatable bonds is 8. The molecule has 0 aromatic heterocycles. The van der Waals surface area contributed by atoms with Crippen molar-refractivity contribution in [2.75, 3.05) is 0 Å². The van der Waals surface area contributed by atoms with Gasteiger partial charge in [0.15, 0.2) is 7.28 Å². The standard InChI is InChI=1S/C35H47B3O/c1-32(2,25-16-22-31(23-17-25)38-33(3,4)34(5,6)39)24-8-10-26(11-9-24)35(7,27-12-18-29(36)19-13-27)28-14-20-30(37)21-15-28/h8-14,16-20,22-23,28,30,38-39H,15,21,36-37H2,1-7H3. The molecule has 3 atom stereocenters. The summed E-state index contributed by atoms with van der Waals surface area (Å²) in [6, 6.07) is 27.7. The molecule has 1 nitrogen and oxygen atoms in total. The summed E-state index contributed by atoms with van der Waals surface area (Å²) in [4.78, 5) is 0. The molecular weight excluding hydrogens is 469 g/mol. The van der Waals surface area contributed by atoms with Gasteiger partial charge in [0.2, 0.25) is 0 Å². The maximum absolute atomic E-state index is 10.6. The maximum atomic E-state index is 10.6. The Kier molecular flexibility index (Phi) is 8.22. The van der Waals surface area contributed by atoms with Crippen molar-refractivity contribution in [1.82, 2.24) is 0 Å². The fraction of sp³-hybridized carbons (Fsp3) is 0.429. The van der Waals surface area contributed by atoms with Crippen molar-refractivity contribution >= 4 is 33.9 Å². The molecule has 1 aliphatic carbocycles. The Labute approximate surface area is 240 Å². The van der Waals surface area contributed by atoms with E-state index in [1.54, 1.807) is 0 Å². The predicted molar refractivity (Wildman–Crippen MR) is 177 cm³/mol. The van der Waals surface area contributed by atoms with E-state index in [4.69, 9.17) is 0 Å². The van der Waals surface area contributed by atoms with Crippen molar-refractivity contribution in [2.24, 2.45) is 5.92 Å². The second kappa shape index (κ2) is 10.8. The molecule has 4 heteroatoms. The summed E-state index contributed by atoms with van der Waals surface area (Å²) in [6.45, 7) is 15.2. The van der Waals surface area contributed by atoms with Gasteiger partial charge in [-0.1, -0.05) is 143 Å². The molecule has 0 amide bonds. The third-order valence-electron chi connectivity index (χ3n) is 10.2. The zero-order valence-electron chi connectivity index (χ0n) is 25.8. The van der Waals surface area contributed by atoms with Gasteiger partial charge < -0.3 is 5.11 Å².